The van der Waals surface area contributed by atoms with Crippen LogP contribution in [-0.2, 0) is 22.7 Å². The summed E-state index contributed by atoms with van der Waals surface area (Å²) in [6.07, 6.45) is 3.41. The van der Waals surface area contributed by atoms with E-state index in [1.165, 1.54) is 13.2 Å². The highest BCUT2D eigenvalue weighted by Gasteiger charge is 2.32. The number of rotatable bonds is 7. The van der Waals surface area contributed by atoms with Crippen molar-refractivity contribution in [3.63, 3.8) is 0 Å². The number of methoxy groups -OCH3 is 1. The molecule has 2 aromatic rings. The number of nitrogens with zero attached hydrogens (tertiary/aromatic N) is 3. The van der Waals surface area contributed by atoms with E-state index in [0.29, 0.717) is 30.9 Å². The number of carbonyl (C=O) groups excluding carboxylic acids is 2. The second-order valence-electron chi connectivity index (χ2n) is 7.05. The summed E-state index contributed by atoms with van der Waals surface area (Å²) in [7, 11) is 3.18. The minimum atomic E-state index is -0.644. The molecular weight excluding hydrogens is 375 g/mol. The van der Waals surface area contributed by atoms with Gasteiger partial charge in [0.15, 0.2) is 0 Å². The summed E-state index contributed by atoms with van der Waals surface area (Å²) >= 11 is 0. The summed E-state index contributed by atoms with van der Waals surface area (Å²) in [5, 5.41) is 2.80. The van der Waals surface area contributed by atoms with Crippen molar-refractivity contribution in [2.75, 3.05) is 27.2 Å². The standard InChI is InChI=1S/C21H25FN4O3/c1-25(13-15-4-3-7-23-12-15)20(27)11-19-21(28)24-8-9-26(19)14-16-5-6-17(29-2)10-18(16)22/h3-7,10,12,19H,8-9,11,13-14H2,1-2H3,(H,24,28)/t19-/m0/s1. The van der Waals surface area contributed by atoms with Gasteiger partial charge in [-0.2, -0.15) is 0 Å². The maximum atomic E-state index is 14.4. The van der Waals surface area contributed by atoms with Crippen LogP contribution in [-0.4, -0.2) is 59.9 Å². The Bertz CT molecular complexity index is 862. The van der Waals surface area contributed by atoms with Crippen LogP contribution in [0.4, 0.5) is 4.39 Å². The van der Waals surface area contributed by atoms with E-state index in [4.69, 9.17) is 4.74 Å². The predicted octanol–water partition coefficient (Wildman–Crippen LogP) is 1.58. The lowest BCUT2D eigenvalue weighted by atomic mass is 10.1. The average Bonchev–Trinajstić information content (AvgIpc) is 2.72. The van der Waals surface area contributed by atoms with Crippen molar-refractivity contribution >= 4 is 11.8 Å². The molecule has 1 aliphatic heterocycles. The maximum absolute atomic E-state index is 14.4. The molecule has 154 valence electrons. The molecule has 3 rings (SSSR count). The van der Waals surface area contributed by atoms with Gasteiger partial charge in [0, 0.05) is 57.3 Å². The molecule has 8 heteroatoms. The first kappa shape index (κ1) is 20.7. The fourth-order valence-corrected chi connectivity index (χ4v) is 3.35. The van der Waals surface area contributed by atoms with Crippen molar-refractivity contribution in [2.45, 2.75) is 25.6 Å². The second kappa shape index (κ2) is 9.47. The van der Waals surface area contributed by atoms with Gasteiger partial charge < -0.3 is 15.0 Å². The van der Waals surface area contributed by atoms with Gasteiger partial charge in [0.05, 0.1) is 19.6 Å². The number of halogens is 1. The smallest absolute Gasteiger partial charge is 0.237 e. The highest BCUT2D eigenvalue weighted by Crippen LogP contribution is 2.20. The molecule has 1 aromatic carbocycles. The zero-order valence-electron chi connectivity index (χ0n) is 16.6. The third kappa shape index (κ3) is 5.29. The van der Waals surface area contributed by atoms with E-state index in [0.717, 1.165) is 5.56 Å². The molecule has 0 spiro atoms. The zero-order chi connectivity index (χ0) is 20.8. The van der Waals surface area contributed by atoms with E-state index in [1.807, 2.05) is 17.0 Å². The molecule has 0 bridgehead atoms. The van der Waals surface area contributed by atoms with Crippen LogP contribution in [0.25, 0.3) is 0 Å². The van der Waals surface area contributed by atoms with Gasteiger partial charge in [-0.15, -0.1) is 0 Å². The van der Waals surface area contributed by atoms with Crippen LogP contribution in [0.15, 0.2) is 42.7 Å². The first-order valence-corrected chi connectivity index (χ1v) is 9.45. The summed E-state index contributed by atoms with van der Waals surface area (Å²) in [4.78, 5) is 32.6. The van der Waals surface area contributed by atoms with E-state index in [-0.39, 0.29) is 24.8 Å². The number of carbonyl (C=O) groups is 2. The Morgan fingerprint density at radius 2 is 2.24 bits per heavy atom. The summed E-state index contributed by atoms with van der Waals surface area (Å²) < 4.78 is 19.4. The van der Waals surface area contributed by atoms with Crippen LogP contribution < -0.4 is 10.1 Å². The van der Waals surface area contributed by atoms with Crippen molar-refractivity contribution in [3.05, 3.63) is 59.7 Å². The number of pyridine rings is 1. The molecule has 7 nitrogen and oxygen atoms in total. The number of nitrogens with one attached hydrogen (secondary N) is 1. The van der Waals surface area contributed by atoms with Crippen molar-refractivity contribution in [1.82, 2.24) is 20.1 Å². The van der Waals surface area contributed by atoms with Gasteiger partial charge in [-0.05, 0) is 17.7 Å². The predicted molar refractivity (Wildman–Crippen MR) is 105 cm³/mol. The molecular formula is C21H25FN4O3. The van der Waals surface area contributed by atoms with E-state index in [9.17, 15) is 14.0 Å². The van der Waals surface area contributed by atoms with Crippen LogP contribution in [0.2, 0.25) is 0 Å². The fourth-order valence-electron chi connectivity index (χ4n) is 3.35. The summed E-state index contributed by atoms with van der Waals surface area (Å²) in [6, 6.07) is 7.71. The molecule has 0 unspecified atom stereocenters. The molecule has 1 atom stereocenters. The Balaban J connectivity index is 1.68. The van der Waals surface area contributed by atoms with E-state index >= 15 is 0 Å². The number of piperazine rings is 1. The number of hydrogen-bond donors (Lipinski definition) is 1. The lowest BCUT2D eigenvalue weighted by Gasteiger charge is -2.35. The van der Waals surface area contributed by atoms with Gasteiger partial charge in [0.2, 0.25) is 11.8 Å². The second-order valence-corrected chi connectivity index (χ2v) is 7.05. The molecule has 1 aliphatic rings. The molecule has 2 heterocycles. The zero-order valence-corrected chi connectivity index (χ0v) is 16.6. The average molecular weight is 400 g/mol. The monoisotopic (exact) mass is 400 g/mol. The van der Waals surface area contributed by atoms with Crippen LogP contribution in [0, 0.1) is 5.82 Å². The first-order chi connectivity index (χ1) is 14.0. The summed E-state index contributed by atoms with van der Waals surface area (Å²) in [5.41, 5.74) is 1.37. The normalized spacial score (nSPS) is 16.9. The summed E-state index contributed by atoms with van der Waals surface area (Å²) in [6.45, 7) is 1.66. The lowest BCUT2D eigenvalue weighted by Crippen LogP contribution is -2.56. The largest absolute Gasteiger partial charge is 0.497 e. The Hall–Kier alpha value is -3.00. The van der Waals surface area contributed by atoms with Gasteiger partial charge in [0.25, 0.3) is 0 Å². The maximum Gasteiger partial charge on any atom is 0.237 e. The van der Waals surface area contributed by atoms with Crippen LogP contribution >= 0.6 is 0 Å². The molecule has 1 saturated heterocycles. The number of aromatic nitrogens is 1. The van der Waals surface area contributed by atoms with Gasteiger partial charge in [0.1, 0.15) is 11.6 Å². The highest BCUT2D eigenvalue weighted by atomic mass is 19.1. The van der Waals surface area contributed by atoms with Crippen LogP contribution in [0.1, 0.15) is 17.5 Å². The topological polar surface area (TPSA) is 74.8 Å². The molecule has 0 aliphatic carbocycles. The molecule has 0 radical (unpaired) electrons. The molecule has 29 heavy (non-hydrogen) atoms. The number of ether oxygens (including phenoxy) is 1. The number of benzene rings is 1. The van der Waals surface area contributed by atoms with Gasteiger partial charge >= 0.3 is 0 Å². The van der Waals surface area contributed by atoms with Crippen molar-refractivity contribution < 1.29 is 18.7 Å². The van der Waals surface area contributed by atoms with Gasteiger partial charge in [-0.1, -0.05) is 12.1 Å². The Morgan fingerprint density at radius 3 is 2.93 bits per heavy atom. The van der Waals surface area contributed by atoms with Gasteiger partial charge in [-0.3, -0.25) is 19.5 Å². The molecule has 1 aromatic heterocycles. The third-order valence-corrected chi connectivity index (χ3v) is 5.01. The van der Waals surface area contributed by atoms with Crippen molar-refractivity contribution in [1.29, 1.82) is 0 Å². The minimum Gasteiger partial charge on any atom is -0.497 e. The fraction of sp³-hybridized carbons (Fsp3) is 0.381. The van der Waals surface area contributed by atoms with Crippen molar-refractivity contribution in [3.8, 4) is 5.75 Å². The van der Waals surface area contributed by atoms with Crippen molar-refractivity contribution in [2.24, 2.45) is 0 Å². The summed E-state index contributed by atoms with van der Waals surface area (Å²) in [5.74, 6) is -0.329. The van der Waals surface area contributed by atoms with Crippen LogP contribution in [0.5, 0.6) is 5.75 Å². The SMILES string of the molecule is COc1ccc(CN2CCNC(=O)[C@@H]2CC(=O)N(C)Cc2cccnc2)c(F)c1. The molecule has 1 fully saturated rings. The van der Waals surface area contributed by atoms with E-state index in [1.54, 1.807) is 36.5 Å². The molecule has 0 saturated carbocycles. The van der Waals surface area contributed by atoms with Crippen LogP contribution in [0.3, 0.4) is 0 Å². The number of hydrogen-bond acceptors (Lipinski definition) is 5. The number of amides is 2. The molecule has 2 amide bonds. The highest BCUT2D eigenvalue weighted by molar-refractivity contribution is 5.88. The Kier molecular flexibility index (Phi) is 6.77. The lowest BCUT2D eigenvalue weighted by molar-refractivity contribution is -0.138. The Labute approximate surface area is 169 Å². The first-order valence-electron chi connectivity index (χ1n) is 9.45. The third-order valence-electron chi connectivity index (χ3n) is 5.01. The molecule has 1 N–H and O–H groups in total. The van der Waals surface area contributed by atoms with Gasteiger partial charge in [-0.25, -0.2) is 4.39 Å². The Morgan fingerprint density at radius 1 is 1.41 bits per heavy atom. The van der Waals surface area contributed by atoms with E-state index in [2.05, 4.69) is 10.3 Å². The quantitative estimate of drug-likeness (QED) is 0.764. The minimum absolute atomic E-state index is 0.0281. The van der Waals surface area contributed by atoms with E-state index < -0.39 is 11.9 Å².